The van der Waals surface area contributed by atoms with Crippen molar-refractivity contribution >= 4 is 18.9 Å². The van der Waals surface area contributed by atoms with Gasteiger partial charge in [0.1, 0.15) is 5.54 Å². The Labute approximate surface area is 194 Å². The Morgan fingerprint density at radius 3 is 2.34 bits per heavy atom. The Balaban J connectivity index is 1.78. The predicted molar refractivity (Wildman–Crippen MR) is 126 cm³/mol. The number of nitrogens with zero attached hydrogens (tertiary/aromatic N) is 1. The number of carbonyl (C=O) groups excluding carboxylic acids is 2. The summed E-state index contributed by atoms with van der Waals surface area (Å²) in [5, 5.41) is 9.74. The summed E-state index contributed by atoms with van der Waals surface area (Å²) < 4.78 is 12.3. The minimum absolute atomic E-state index is 0.00368. The maximum absolute atomic E-state index is 13.6. The summed E-state index contributed by atoms with van der Waals surface area (Å²) in [7, 11) is -0.249. The first-order valence-corrected chi connectivity index (χ1v) is 12.1. The average molecular weight is 450 g/mol. The second-order valence-corrected chi connectivity index (χ2v) is 11.8. The molecule has 3 saturated heterocycles. The fourth-order valence-electron chi connectivity index (χ4n) is 5.35. The highest BCUT2D eigenvalue weighted by molar-refractivity contribution is 6.45. The Bertz CT molecular complexity index is 707. The molecule has 0 radical (unpaired) electrons. The summed E-state index contributed by atoms with van der Waals surface area (Å²) in [5.41, 5.74) is -2.01. The van der Waals surface area contributed by atoms with Gasteiger partial charge in [0, 0.05) is 50.6 Å². The highest BCUT2D eigenvalue weighted by atomic mass is 16.7. The molecular formula is C23H43BN4O4. The first kappa shape index (κ1) is 25.5. The predicted octanol–water partition coefficient (Wildman–Crippen LogP) is 1.55. The Kier molecular flexibility index (Phi) is 7.08. The van der Waals surface area contributed by atoms with Gasteiger partial charge in [-0.15, -0.1) is 0 Å². The molecule has 3 fully saturated rings. The van der Waals surface area contributed by atoms with Gasteiger partial charge in [0.2, 0.25) is 11.8 Å². The van der Waals surface area contributed by atoms with Gasteiger partial charge < -0.3 is 25.3 Å². The molecule has 8 nitrogen and oxygen atoms in total. The number of piperazine rings is 1. The molecule has 3 aliphatic rings. The summed E-state index contributed by atoms with van der Waals surface area (Å²) >= 11 is 0. The fourth-order valence-corrected chi connectivity index (χ4v) is 5.35. The third-order valence-electron chi connectivity index (χ3n) is 7.50. The van der Waals surface area contributed by atoms with Crippen molar-refractivity contribution in [1.29, 1.82) is 0 Å². The van der Waals surface area contributed by atoms with E-state index in [9.17, 15) is 9.59 Å². The highest BCUT2D eigenvalue weighted by Crippen LogP contribution is 2.41. The van der Waals surface area contributed by atoms with Crippen LogP contribution in [-0.4, -0.2) is 78.3 Å². The number of nitrogens with one attached hydrogen (secondary N) is 3. The molecule has 2 amide bonds. The third kappa shape index (κ3) is 5.16. The van der Waals surface area contributed by atoms with Gasteiger partial charge in [-0.05, 0) is 61.2 Å². The lowest BCUT2D eigenvalue weighted by atomic mass is 9.74. The molecule has 0 saturated carbocycles. The quantitative estimate of drug-likeness (QED) is 0.532. The van der Waals surface area contributed by atoms with Gasteiger partial charge in [-0.25, -0.2) is 0 Å². The molecule has 0 bridgehead atoms. The van der Waals surface area contributed by atoms with Gasteiger partial charge in [0.05, 0.1) is 11.2 Å². The molecule has 3 rings (SSSR count). The summed E-state index contributed by atoms with van der Waals surface area (Å²) in [6.45, 7) is 18.8. The van der Waals surface area contributed by atoms with Gasteiger partial charge >= 0.3 is 7.12 Å². The van der Waals surface area contributed by atoms with Gasteiger partial charge in [-0.3, -0.25) is 14.5 Å². The van der Waals surface area contributed by atoms with Crippen molar-refractivity contribution < 1.29 is 18.9 Å². The molecule has 3 atom stereocenters. The van der Waals surface area contributed by atoms with E-state index in [1.165, 1.54) is 6.92 Å². The average Bonchev–Trinajstić information content (AvgIpc) is 3.04. The number of rotatable bonds is 6. The molecule has 0 aromatic heterocycles. The van der Waals surface area contributed by atoms with Crippen LogP contribution in [0.5, 0.6) is 0 Å². The maximum atomic E-state index is 13.6. The topological polar surface area (TPSA) is 91.9 Å². The van der Waals surface area contributed by atoms with E-state index in [0.29, 0.717) is 6.54 Å². The van der Waals surface area contributed by atoms with E-state index >= 15 is 0 Å². The molecule has 3 aliphatic heterocycles. The van der Waals surface area contributed by atoms with E-state index in [-0.39, 0.29) is 47.6 Å². The van der Waals surface area contributed by atoms with Crippen LogP contribution in [0.2, 0.25) is 6.32 Å². The van der Waals surface area contributed by atoms with E-state index in [1.807, 2.05) is 20.8 Å². The van der Waals surface area contributed by atoms with Gasteiger partial charge in [0.15, 0.2) is 0 Å². The normalized spacial score (nSPS) is 31.9. The van der Waals surface area contributed by atoms with Crippen molar-refractivity contribution in [3.05, 3.63) is 0 Å². The molecule has 0 aromatic carbocycles. The standard InChI is InChI=1S/C23H43BN4O4/c1-16(29)26-23(19(30)27-20(2,3)4)15-28-13-12-25-14-18(28)17(23)10-9-11-24-31-21(5,6)22(7,8)32-24/h17-18,25H,9-15H2,1-8H3,(H,26,29)(H,27,30)/t17?,18-,23?/m0/s1. The van der Waals surface area contributed by atoms with Crippen molar-refractivity contribution in [2.24, 2.45) is 5.92 Å². The van der Waals surface area contributed by atoms with E-state index in [2.05, 4.69) is 48.5 Å². The highest BCUT2D eigenvalue weighted by Gasteiger charge is 2.58. The van der Waals surface area contributed by atoms with Crippen LogP contribution in [0, 0.1) is 5.92 Å². The minimum Gasteiger partial charge on any atom is -0.403 e. The van der Waals surface area contributed by atoms with Crippen molar-refractivity contribution in [2.45, 2.75) is 103 Å². The lowest BCUT2D eigenvalue weighted by molar-refractivity contribution is -0.135. The van der Waals surface area contributed by atoms with E-state index in [4.69, 9.17) is 9.31 Å². The molecule has 0 aliphatic carbocycles. The number of hydrogen-bond donors (Lipinski definition) is 3. The van der Waals surface area contributed by atoms with E-state index < -0.39 is 5.54 Å². The Morgan fingerprint density at radius 2 is 1.78 bits per heavy atom. The van der Waals surface area contributed by atoms with Crippen LogP contribution in [0.15, 0.2) is 0 Å². The third-order valence-corrected chi connectivity index (χ3v) is 7.50. The van der Waals surface area contributed by atoms with Crippen molar-refractivity contribution in [3.63, 3.8) is 0 Å². The Morgan fingerprint density at radius 1 is 1.16 bits per heavy atom. The summed E-state index contributed by atoms with van der Waals surface area (Å²) in [5.74, 6) is -0.253. The molecular weight excluding hydrogens is 407 g/mol. The van der Waals surface area contributed by atoms with E-state index in [1.54, 1.807) is 0 Å². The minimum atomic E-state index is -0.939. The largest absolute Gasteiger partial charge is 0.457 e. The number of amides is 2. The number of fused-ring (bicyclic) bond motifs is 1. The molecule has 182 valence electrons. The van der Waals surface area contributed by atoms with Crippen LogP contribution in [0.4, 0.5) is 0 Å². The second kappa shape index (κ2) is 8.89. The number of hydrogen-bond acceptors (Lipinski definition) is 6. The van der Waals surface area contributed by atoms with Crippen LogP contribution in [0.3, 0.4) is 0 Å². The van der Waals surface area contributed by atoms with Crippen LogP contribution in [-0.2, 0) is 18.9 Å². The zero-order chi connectivity index (χ0) is 23.9. The molecule has 0 spiro atoms. The first-order chi connectivity index (χ1) is 14.7. The van der Waals surface area contributed by atoms with Crippen molar-refractivity contribution in [1.82, 2.24) is 20.9 Å². The van der Waals surface area contributed by atoms with Crippen molar-refractivity contribution in [2.75, 3.05) is 26.2 Å². The molecule has 2 unspecified atom stereocenters. The lowest BCUT2D eigenvalue weighted by Crippen LogP contribution is -2.66. The fraction of sp³-hybridized carbons (Fsp3) is 0.913. The lowest BCUT2D eigenvalue weighted by Gasteiger charge is -2.38. The van der Waals surface area contributed by atoms with Crippen LogP contribution < -0.4 is 16.0 Å². The van der Waals surface area contributed by atoms with Crippen molar-refractivity contribution in [3.8, 4) is 0 Å². The number of carbonyl (C=O) groups is 2. The molecule has 3 N–H and O–H groups in total. The summed E-state index contributed by atoms with van der Waals surface area (Å²) in [6, 6.07) is 0.208. The maximum Gasteiger partial charge on any atom is 0.457 e. The van der Waals surface area contributed by atoms with Gasteiger partial charge in [-0.2, -0.15) is 0 Å². The second-order valence-electron chi connectivity index (χ2n) is 11.8. The van der Waals surface area contributed by atoms with Crippen LogP contribution >= 0.6 is 0 Å². The molecule has 32 heavy (non-hydrogen) atoms. The zero-order valence-corrected chi connectivity index (χ0v) is 21.3. The molecule has 3 heterocycles. The van der Waals surface area contributed by atoms with Gasteiger partial charge in [0.25, 0.3) is 0 Å². The summed E-state index contributed by atoms with van der Waals surface area (Å²) in [6.07, 6.45) is 2.43. The first-order valence-electron chi connectivity index (χ1n) is 12.1. The zero-order valence-electron chi connectivity index (χ0n) is 21.3. The molecule has 0 aromatic rings. The Hall–Kier alpha value is -1.16. The van der Waals surface area contributed by atoms with E-state index in [0.717, 1.165) is 38.8 Å². The smallest absolute Gasteiger partial charge is 0.403 e. The van der Waals surface area contributed by atoms with Crippen LogP contribution in [0.1, 0.15) is 68.2 Å². The van der Waals surface area contributed by atoms with Crippen LogP contribution in [0.25, 0.3) is 0 Å². The van der Waals surface area contributed by atoms with Gasteiger partial charge in [-0.1, -0.05) is 6.42 Å². The monoisotopic (exact) mass is 450 g/mol. The molecule has 9 heteroatoms. The summed E-state index contributed by atoms with van der Waals surface area (Å²) in [4.78, 5) is 28.3. The SMILES string of the molecule is CC(=O)NC1(C(=O)NC(C)(C)C)CN2CCNC[C@H]2C1CCCB1OC(C)(C)C(C)(C)O1.